The number of carboxylic acid groups (broad SMARTS) is 1. The van der Waals surface area contributed by atoms with E-state index >= 15 is 0 Å². The number of aliphatic carboxylic acids is 1. The van der Waals surface area contributed by atoms with Crippen molar-refractivity contribution in [2.75, 3.05) is 13.1 Å². The van der Waals surface area contributed by atoms with E-state index in [-0.39, 0.29) is 5.92 Å². The van der Waals surface area contributed by atoms with E-state index in [1.807, 2.05) is 18.2 Å². The van der Waals surface area contributed by atoms with E-state index in [0.29, 0.717) is 6.54 Å². The predicted molar refractivity (Wildman–Crippen MR) is 80.5 cm³/mol. The largest absolute Gasteiger partial charge is 0.481 e. The van der Waals surface area contributed by atoms with Gasteiger partial charge in [0.2, 0.25) is 0 Å². The molecule has 0 fully saturated rings. The second kappa shape index (κ2) is 9.48. The van der Waals surface area contributed by atoms with Crippen LogP contribution in [0.15, 0.2) is 24.4 Å². The van der Waals surface area contributed by atoms with Crippen LogP contribution in [0.25, 0.3) is 0 Å². The van der Waals surface area contributed by atoms with Crippen molar-refractivity contribution >= 4 is 5.97 Å². The molecule has 0 aliphatic carbocycles. The zero-order valence-corrected chi connectivity index (χ0v) is 12.6. The van der Waals surface area contributed by atoms with Crippen molar-refractivity contribution in [2.24, 2.45) is 5.92 Å². The Bertz CT molecular complexity index is 381. The molecule has 0 spiro atoms. The van der Waals surface area contributed by atoms with Crippen LogP contribution in [0.5, 0.6) is 0 Å². The summed E-state index contributed by atoms with van der Waals surface area (Å²) in [7, 11) is 0. The summed E-state index contributed by atoms with van der Waals surface area (Å²) < 4.78 is 0. The molecule has 20 heavy (non-hydrogen) atoms. The maximum atomic E-state index is 11.0. The van der Waals surface area contributed by atoms with Gasteiger partial charge in [0.1, 0.15) is 0 Å². The van der Waals surface area contributed by atoms with Crippen molar-refractivity contribution in [3.63, 3.8) is 0 Å². The van der Waals surface area contributed by atoms with Crippen LogP contribution in [-0.4, -0.2) is 34.0 Å². The van der Waals surface area contributed by atoms with Crippen LogP contribution in [0, 0.1) is 5.92 Å². The molecule has 0 saturated carbocycles. The fourth-order valence-electron chi connectivity index (χ4n) is 2.18. The van der Waals surface area contributed by atoms with E-state index < -0.39 is 5.97 Å². The molecule has 1 N–H and O–H groups in total. The molecule has 112 valence electrons. The first-order valence-corrected chi connectivity index (χ1v) is 7.48. The molecule has 0 aromatic carbocycles. The topological polar surface area (TPSA) is 53.4 Å². The van der Waals surface area contributed by atoms with Gasteiger partial charge in [-0.1, -0.05) is 39.2 Å². The fourth-order valence-corrected chi connectivity index (χ4v) is 2.18. The number of aromatic nitrogens is 1. The molecule has 0 saturated heterocycles. The second-order valence-corrected chi connectivity index (χ2v) is 5.36. The number of carboxylic acids is 1. The Labute approximate surface area is 121 Å². The predicted octanol–water partition coefficient (Wildman–Crippen LogP) is 3.18. The van der Waals surface area contributed by atoms with Crippen molar-refractivity contribution in [3.05, 3.63) is 30.1 Å². The van der Waals surface area contributed by atoms with Gasteiger partial charge in [0.25, 0.3) is 0 Å². The van der Waals surface area contributed by atoms with Gasteiger partial charge >= 0.3 is 5.97 Å². The molecule has 0 amide bonds. The van der Waals surface area contributed by atoms with E-state index in [1.54, 1.807) is 13.1 Å². The SMILES string of the molecule is CCCCCCN(Cc1ccccn1)CC(C)C(=O)O. The van der Waals surface area contributed by atoms with E-state index in [1.165, 1.54) is 19.3 Å². The lowest BCUT2D eigenvalue weighted by Crippen LogP contribution is -2.32. The average Bonchev–Trinajstić information content (AvgIpc) is 2.44. The van der Waals surface area contributed by atoms with Crippen molar-refractivity contribution in [2.45, 2.75) is 46.1 Å². The summed E-state index contributed by atoms with van der Waals surface area (Å²) in [5.74, 6) is -1.07. The summed E-state index contributed by atoms with van der Waals surface area (Å²) in [6.45, 7) is 6.20. The van der Waals surface area contributed by atoms with Crippen molar-refractivity contribution in [1.29, 1.82) is 0 Å². The van der Waals surface area contributed by atoms with E-state index in [9.17, 15) is 4.79 Å². The highest BCUT2D eigenvalue weighted by atomic mass is 16.4. The minimum Gasteiger partial charge on any atom is -0.481 e. The fraction of sp³-hybridized carbons (Fsp3) is 0.625. The first kappa shape index (κ1) is 16.6. The van der Waals surface area contributed by atoms with Crippen molar-refractivity contribution in [1.82, 2.24) is 9.88 Å². The highest BCUT2D eigenvalue weighted by molar-refractivity contribution is 5.69. The number of carbonyl (C=O) groups is 1. The number of rotatable bonds is 10. The molecule has 4 nitrogen and oxygen atoms in total. The Morgan fingerprint density at radius 2 is 2.15 bits per heavy atom. The Hall–Kier alpha value is -1.42. The Morgan fingerprint density at radius 1 is 1.35 bits per heavy atom. The molecule has 1 unspecified atom stereocenters. The molecule has 0 aliphatic rings. The normalized spacial score (nSPS) is 12.6. The minimum absolute atomic E-state index is 0.343. The molecule has 1 rings (SSSR count). The zero-order valence-electron chi connectivity index (χ0n) is 12.6. The average molecular weight is 278 g/mol. The Balaban J connectivity index is 2.51. The zero-order chi connectivity index (χ0) is 14.8. The van der Waals surface area contributed by atoms with Crippen molar-refractivity contribution in [3.8, 4) is 0 Å². The molecule has 0 radical (unpaired) electrons. The lowest BCUT2D eigenvalue weighted by molar-refractivity contribution is -0.141. The van der Waals surface area contributed by atoms with Crippen LogP contribution < -0.4 is 0 Å². The van der Waals surface area contributed by atoms with Gasteiger partial charge in [0.15, 0.2) is 0 Å². The molecule has 0 aliphatic heterocycles. The van der Waals surface area contributed by atoms with Gasteiger partial charge in [-0.15, -0.1) is 0 Å². The Kier molecular flexibility index (Phi) is 7.88. The monoisotopic (exact) mass is 278 g/mol. The second-order valence-electron chi connectivity index (χ2n) is 5.36. The molecule has 4 heteroatoms. The quantitative estimate of drug-likeness (QED) is 0.668. The molecule has 1 aromatic heterocycles. The summed E-state index contributed by atoms with van der Waals surface area (Å²) >= 11 is 0. The van der Waals surface area contributed by atoms with E-state index in [4.69, 9.17) is 5.11 Å². The van der Waals surface area contributed by atoms with Crippen LogP contribution in [0.3, 0.4) is 0 Å². The number of hydrogen-bond acceptors (Lipinski definition) is 3. The Morgan fingerprint density at radius 3 is 2.75 bits per heavy atom. The summed E-state index contributed by atoms with van der Waals surface area (Å²) in [5, 5.41) is 9.06. The molecule has 0 bridgehead atoms. The van der Waals surface area contributed by atoms with Crippen LogP contribution in [0.2, 0.25) is 0 Å². The first-order chi connectivity index (χ1) is 9.63. The number of unbranched alkanes of at least 4 members (excludes halogenated alkanes) is 3. The highest BCUT2D eigenvalue weighted by Gasteiger charge is 2.16. The maximum Gasteiger partial charge on any atom is 0.307 e. The molecular formula is C16H26N2O2. The molecule has 1 aromatic rings. The van der Waals surface area contributed by atoms with E-state index in [0.717, 1.165) is 25.2 Å². The van der Waals surface area contributed by atoms with Gasteiger partial charge in [-0.25, -0.2) is 0 Å². The lowest BCUT2D eigenvalue weighted by Gasteiger charge is -2.23. The number of pyridine rings is 1. The van der Waals surface area contributed by atoms with E-state index in [2.05, 4.69) is 16.8 Å². The van der Waals surface area contributed by atoms with Crippen molar-refractivity contribution < 1.29 is 9.90 Å². The summed E-state index contributed by atoms with van der Waals surface area (Å²) in [6, 6.07) is 5.86. The van der Waals surface area contributed by atoms with Gasteiger partial charge < -0.3 is 5.11 Å². The third-order valence-corrected chi connectivity index (χ3v) is 3.39. The van der Waals surface area contributed by atoms with Crippen LogP contribution in [-0.2, 0) is 11.3 Å². The van der Waals surface area contributed by atoms with Crippen LogP contribution >= 0.6 is 0 Å². The summed E-state index contributed by atoms with van der Waals surface area (Å²) in [4.78, 5) is 17.6. The minimum atomic E-state index is -0.732. The maximum absolute atomic E-state index is 11.0. The first-order valence-electron chi connectivity index (χ1n) is 7.48. The number of hydrogen-bond donors (Lipinski definition) is 1. The van der Waals surface area contributed by atoms with Crippen LogP contribution in [0.4, 0.5) is 0 Å². The van der Waals surface area contributed by atoms with Gasteiger partial charge in [-0.3, -0.25) is 14.7 Å². The van der Waals surface area contributed by atoms with Gasteiger partial charge in [-0.2, -0.15) is 0 Å². The number of nitrogens with zero attached hydrogens (tertiary/aromatic N) is 2. The molecular weight excluding hydrogens is 252 g/mol. The standard InChI is InChI=1S/C16H26N2O2/c1-3-4-5-8-11-18(12-14(2)16(19)20)13-15-9-6-7-10-17-15/h6-7,9-10,14H,3-5,8,11-13H2,1-2H3,(H,19,20). The summed E-state index contributed by atoms with van der Waals surface area (Å²) in [6.07, 6.45) is 6.56. The third kappa shape index (κ3) is 6.66. The summed E-state index contributed by atoms with van der Waals surface area (Å²) in [5.41, 5.74) is 1.00. The lowest BCUT2D eigenvalue weighted by atomic mass is 10.1. The van der Waals surface area contributed by atoms with Gasteiger partial charge in [-0.05, 0) is 25.1 Å². The van der Waals surface area contributed by atoms with Gasteiger partial charge in [0.05, 0.1) is 11.6 Å². The van der Waals surface area contributed by atoms with Gasteiger partial charge in [0, 0.05) is 19.3 Å². The van der Waals surface area contributed by atoms with Crippen LogP contribution in [0.1, 0.15) is 45.2 Å². The molecule has 1 heterocycles. The highest BCUT2D eigenvalue weighted by Crippen LogP contribution is 2.09. The molecule has 1 atom stereocenters. The smallest absolute Gasteiger partial charge is 0.307 e. The third-order valence-electron chi connectivity index (χ3n) is 3.39.